The second kappa shape index (κ2) is 9.03. The number of piperazine rings is 1. The van der Waals surface area contributed by atoms with Gasteiger partial charge in [-0.3, -0.25) is 4.90 Å². The molecule has 1 aliphatic rings. The molecule has 148 valence electrons. The van der Waals surface area contributed by atoms with Crippen LogP contribution in [0.5, 0.6) is 0 Å². The van der Waals surface area contributed by atoms with Crippen LogP contribution < -0.4 is 4.90 Å². The molecule has 0 atom stereocenters. The third kappa shape index (κ3) is 5.57. The van der Waals surface area contributed by atoms with Crippen molar-refractivity contribution in [1.29, 1.82) is 0 Å². The van der Waals surface area contributed by atoms with Crippen LogP contribution in [0.25, 0.3) is 0 Å². The predicted molar refractivity (Wildman–Crippen MR) is 97.3 cm³/mol. The van der Waals surface area contributed by atoms with Crippen molar-refractivity contribution < 1.29 is 17.2 Å². The van der Waals surface area contributed by atoms with Crippen LogP contribution in [0, 0.1) is 0 Å². The van der Waals surface area contributed by atoms with Gasteiger partial charge < -0.3 is 9.80 Å². The summed E-state index contributed by atoms with van der Waals surface area (Å²) >= 11 is 0. The number of hydrogen-bond acceptors (Lipinski definition) is 6. The summed E-state index contributed by atoms with van der Waals surface area (Å²) < 4.78 is 51.5. The first-order chi connectivity index (χ1) is 12.2. The van der Waals surface area contributed by atoms with Gasteiger partial charge in [-0.2, -0.15) is 4.31 Å². The second-order valence-electron chi connectivity index (χ2n) is 6.63. The number of nitrogens with zero attached hydrogens (tertiary/aromatic N) is 5. The molecule has 0 aliphatic carbocycles. The standard InChI is InChI=1S/C16H27F2N5O2S/c1-20-7-10-23(11-8-20)26(24,25)14-4-5-16(19-12-14)22(3)9-6-21(2)13-15(17)18/h4-5,12,15H,6-11,13H2,1-3H3. The van der Waals surface area contributed by atoms with E-state index in [4.69, 9.17) is 0 Å². The molecule has 2 heterocycles. The highest BCUT2D eigenvalue weighted by Gasteiger charge is 2.27. The largest absolute Gasteiger partial charge is 0.358 e. The van der Waals surface area contributed by atoms with Crippen LogP contribution in [0.1, 0.15) is 0 Å². The molecule has 0 N–H and O–H groups in total. The SMILES string of the molecule is CN1CCN(S(=O)(=O)c2ccc(N(C)CCN(C)CC(F)F)nc2)CC1. The third-order valence-electron chi connectivity index (χ3n) is 4.48. The lowest BCUT2D eigenvalue weighted by atomic mass is 10.4. The van der Waals surface area contributed by atoms with Gasteiger partial charge in [0.1, 0.15) is 10.7 Å². The Hall–Kier alpha value is -1.36. The zero-order chi connectivity index (χ0) is 19.3. The minimum Gasteiger partial charge on any atom is -0.358 e. The number of halogens is 2. The van der Waals surface area contributed by atoms with Crippen LogP contribution in [0.3, 0.4) is 0 Å². The first-order valence-corrected chi connectivity index (χ1v) is 9.96. The van der Waals surface area contributed by atoms with Gasteiger partial charge in [0.25, 0.3) is 6.43 Å². The number of anilines is 1. The number of hydrogen-bond donors (Lipinski definition) is 0. The summed E-state index contributed by atoms with van der Waals surface area (Å²) in [6.45, 7) is 3.06. The Labute approximate surface area is 154 Å². The molecule has 2 rings (SSSR count). The Kier molecular flexibility index (Phi) is 7.27. The quantitative estimate of drug-likeness (QED) is 0.649. The zero-order valence-electron chi connectivity index (χ0n) is 15.5. The molecule has 1 aliphatic heterocycles. The van der Waals surface area contributed by atoms with Crippen molar-refractivity contribution in [3.8, 4) is 0 Å². The highest BCUT2D eigenvalue weighted by Crippen LogP contribution is 2.19. The fourth-order valence-corrected chi connectivity index (χ4v) is 4.06. The van der Waals surface area contributed by atoms with Crippen molar-refractivity contribution in [3.63, 3.8) is 0 Å². The fourth-order valence-electron chi connectivity index (χ4n) is 2.69. The number of pyridine rings is 1. The van der Waals surface area contributed by atoms with E-state index in [0.29, 0.717) is 45.1 Å². The van der Waals surface area contributed by atoms with Crippen LogP contribution >= 0.6 is 0 Å². The molecule has 0 bridgehead atoms. The Balaban J connectivity index is 1.96. The average molecular weight is 391 g/mol. The van der Waals surface area contributed by atoms with Crippen molar-refractivity contribution in [2.75, 3.05) is 71.9 Å². The second-order valence-corrected chi connectivity index (χ2v) is 8.57. The Morgan fingerprint density at radius 3 is 2.35 bits per heavy atom. The molecule has 0 saturated carbocycles. The summed E-state index contributed by atoms with van der Waals surface area (Å²) in [5.74, 6) is 0.604. The molecule has 1 aromatic heterocycles. The summed E-state index contributed by atoms with van der Waals surface area (Å²) in [6, 6.07) is 3.20. The van der Waals surface area contributed by atoms with E-state index in [1.807, 2.05) is 11.9 Å². The van der Waals surface area contributed by atoms with E-state index < -0.39 is 16.4 Å². The van der Waals surface area contributed by atoms with Gasteiger partial charge in [-0.05, 0) is 26.2 Å². The normalized spacial score (nSPS) is 17.2. The lowest BCUT2D eigenvalue weighted by Gasteiger charge is -2.31. The van der Waals surface area contributed by atoms with Crippen molar-refractivity contribution in [1.82, 2.24) is 19.1 Å². The van der Waals surface area contributed by atoms with E-state index in [1.54, 1.807) is 31.1 Å². The Morgan fingerprint density at radius 1 is 1.15 bits per heavy atom. The van der Waals surface area contributed by atoms with Gasteiger partial charge in [-0.1, -0.05) is 0 Å². The fraction of sp³-hybridized carbons (Fsp3) is 0.688. The van der Waals surface area contributed by atoms with Crippen molar-refractivity contribution in [3.05, 3.63) is 18.3 Å². The molecule has 1 saturated heterocycles. The summed E-state index contributed by atoms with van der Waals surface area (Å²) in [6.07, 6.45) is -0.995. The van der Waals surface area contributed by atoms with Crippen LogP contribution in [-0.4, -0.2) is 101 Å². The summed E-state index contributed by atoms with van der Waals surface area (Å²) in [5, 5.41) is 0. The molecule has 0 aromatic carbocycles. The topological polar surface area (TPSA) is 60.0 Å². The predicted octanol–water partition coefficient (Wildman–Crippen LogP) is 0.651. The van der Waals surface area contributed by atoms with E-state index in [-0.39, 0.29) is 11.4 Å². The smallest absolute Gasteiger partial charge is 0.251 e. The molecule has 0 amide bonds. The van der Waals surface area contributed by atoms with Crippen molar-refractivity contribution in [2.24, 2.45) is 0 Å². The minimum atomic E-state index is -3.53. The van der Waals surface area contributed by atoms with Gasteiger partial charge in [0, 0.05) is 52.5 Å². The average Bonchev–Trinajstić information content (AvgIpc) is 2.59. The molecule has 10 heteroatoms. The Morgan fingerprint density at radius 2 is 1.81 bits per heavy atom. The van der Waals surface area contributed by atoms with Gasteiger partial charge >= 0.3 is 0 Å². The van der Waals surface area contributed by atoms with Crippen LogP contribution in [-0.2, 0) is 10.0 Å². The molecule has 1 fully saturated rings. The first kappa shape index (κ1) is 20.9. The number of sulfonamides is 1. The number of alkyl halides is 2. The first-order valence-electron chi connectivity index (χ1n) is 8.52. The molecular formula is C16H27F2N5O2S. The van der Waals surface area contributed by atoms with Gasteiger partial charge in [0.05, 0.1) is 6.54 Å². The maximum Gasteiger partial charge on any atom is 0.251 e. The zero-order valence-corrected chi connectivity index (χ0v) is 16.3. The van der Waals surface area contributed by atoms with Crippen LogP contribution in [0.2, 0.25) is 0 Å². The number of likely N-dealkylation sites (N-methyl/N-ethyl adjacent to an activating group) is 3. The molecule has 26 heavy (non-hydrogen) atoms. The minimum absolute atomic E-state index is 0.175. The summed E-state index contributed by atoms with van der Waals surface area (Å²) in [4.78, 5) is 9.86. The lowest BCUT2D eigenvalue weighted by Crippen LogP contribution is -2.47. The summed E-state index contributed by atoms with van der Waals surface area (Å²) in [7, 11) is 1.87. The highest BCUT2D eigenvalue weighted by molar-refractivity contribution is 7.89. The van der Waals surface area contributed by atoms with Gasteiger partial charge in [0.2, 0.25) is 10.0 Å². The van der Waals surface area contributed by atoms with E-state index in [2.05, 4.69) is 9.88 Å². The molecule has 0 spiro atoms. The van der Waals surface area contributed by atoms with Crippen LogP contribution in [0.4, 0.5) is 14.6 Å². The van der Waals surface area contributed by atoms with E-state index in [0.717, 1.165) is 0 Å². The molecule has 0 radical (unpaired) electrons. The Bertz CT molecular complexity index is 664. The third-order valence-corrected chi connectivity index (χ3v) is 6.36. The number of rotatable bonds is 8. The maximum atomic E-state index is 12.7. The van der Waals surface area contributed by atoms with Gasteiger partial charge in [-0.15, -0.1) is 0 Å². The highest BCUT2D eigenvalue weighted by atomic mass is 32.2. The van der Waals surface area contributed by atoms with Gasteiger partial charge in [0.15, 0.2) is 0 Å². The summed E-state index contributed by atoms with van der Waals surface area (Å²) in [5.41, 5.74) is 0. The molecule has 0 unspecified atom stereocenters. The number of aromatic nitrogens is 1. The van der Waals surface area contributed by atoms with E-state index >= 15 is 0 Å². The molecule has 1 aromatic rings. The van der Waals surface area contributed by atoms with Crippen molar-refractivity contribution in [2.45, 2.75) is 11.3 Å². The van der Waals surface area contributed by atoms with Crippen molar-refractivity contribution >= 4 is 15.8 Å². The molecular weight excluding hydrogens is 364 g/mol. The maximum absolute atomic E-state index is 12.7. The van der Waals surface area contributed by atoms with E-state index in [1.165, 1.54) is 10.5 Å². The lowest BCUT2D eigenvalue weighted by molar-refractivity contribution is 0.102. The monoisotopic (exact) mass is 391 g/mol. The van der Waals surface area contributed by atoms with Crippen LogP contribution in [0.15, 0.2) is 23.2 Å². The van der Waals surface area contributed by atoms with E-state index in [9.17, 15) is 17.2 Å². The van der Waals surface area contributed by atoms with Gasteiger partial charge in [-0.25, -0.2) is 22.2 Å². The molecule has 7 nitrogen and oxygen atoms in total.